The topological polar surface area (TPSA) is 84.2 Å². The standard InChI is InChI=1S/C15H15N3O2/c16-10-17-14(19)11-5-4-6-12(9-11)15(20)18-13-7-2-1-3-8-13/h1-9H,10,16H2,(H,17,19)(H,18,20). The summed E-state index contributed by atoms with van der Waals surface area (Å²) in [5.41, 5.74) is 6.77. The van der Waals surface area contributed by atoms with Gasteiger partial charge in [0.05, 0.1) is 6.67 Å². The van der Waals surface area contributed by atoms with Gasteiger partial charge >= 0.3 is 0 Å². The Morgan fingerprint density at radius 3 is 2.20 bits per heavy atom. The lowest BCUT2D eigenvalue weighted by molar-refractivity contribution is 0.0955. The minimum atomic E-state index is -0.304. The number of rotatable bonds is 4. The van der Waals surface area contributed by atoms with E-state index in [4.69, 9.17) is 5.73 Å². The van der Waals surface area contributed by atoms with Crippen LogP contribution in [0.15, 0.2) is 54.6 Å². The fourth-order valence-corrected chi connectivity index (χ4v) is 1.72. The van der Waals surface area contributed by atoms with Crippen molar-refractivity contribution < 1.29 is 9.59 Å². The molecule has 0 unspecified atom stereocenters. The van der Waals surface area contributed by atoms with Crippen molar-refractivity contribution in [3.8, 4) is 0 Å². The smallest absolute Gasteiger partial charge is 0.255 e. The van der Waals surface area contributed by atoms with Crippen LogP contribution in [0.1, 0.15) is 20.7 Å². The predicted octanol–water partition coefficient (Wildman–Crippen LogP) is 1.58. The summed E-state index contributed by atoms with van der Waals surface area (Å²) in [7, 11) is 0. The number of amides is 2. The molecule has 0 atom stereocenters. The number of anilines is 1. The molecular weight excluding hydrogens is 254 g/mol. The molecule has 0 spiro atoms. The largest absolute Gasteiger partial charge is 0.340 e. The first-order valence-electron chi connectivity index (χ1n) is 6.15. The first kappa shape index (κ1) is 13.8. The Kier molecular flexibility index (Phi) is 4.47. The van der Waals surface area contributed by atoms with Crippen molar-refractivity contribution in [1.82, 2.24) is 5.32 Å². The van der Waals surface area contributed by atoms with Crippen molar-refractivity contribution >= 4 is 17.5 Å². The van der Waals surface area contributed by atoms with Gasteiger partial charge in [0.25, 0.3) is 11.8 Å². The van der Waals surface area contributed by atoms with Crippen LogP contribution >= 0.6 is 0 Å². The first-order valence-corrected chi connectivity index (χ1v) is 6.15. The van der Waals surface area contributed by atoms with E-state index in [9.17, 15) is 9.59 Å². The zero-order valence-electron chi connectivity index (χ0n) is 10.8. The lowest BCUT2D eigenvalue weighted by Crippen LogP contribution is -2.29. The second kappa shape index (κ2) is 6.49. The van der Waals surface area contributed by atoms with Gasteiger partial charge in [-0.25, -0.2) is 0 Å². The van der Waals surface area contributed by atoms with E-state index in [1.807, 2.05) is 18.2 Å². The van der Waals surface area contributed by atoms with Gasteiger partial charge in [-0.2, -0.15) is 0 Å². The summed E-state index contributed by atoms with van der Waals surface area (Å²) >= 11 is 0. The molecule has 0 saturated carbocycles. The highest BCUT2D eigenvalue weighted by atomic mass is 16.2. The number of hydrogen-bond donors (Lipinski definition) is 3. The van der Waals surface area contributed by atoms with Gasteiger partial charge < -0.3 is 16.4 Å². The Bertz CT molecular complexity index is 612. The normalized spacial score (nSPS) is 9.85. The first-order chi connectivity index (χ1) is 9.70. The highest BCUT2D eigenvalue weighted by molar-refractivity contribution is 6.06. The Hall–Kier alpha value is -2.66. The summed E-state index contributed by atoms with van der Waals surface area (Å²) in [5, 5.41) is 5.25. The quantitative estimate of drug-likeness (QED) is 0.737. The molecule has 0 radical (unpaired) electrons. The van der Waals surface area contributed by atoms with Crippen molar-refractivity contribution in [3.63, 3.8) is 0 Å². The van der Waals surface area contributed by atoms with E-state index in [1.165, 1.54) is 6.07 Å². The average molecular weight is 269 g/mol. The van der Waals surface area contributed by atoms with E-state index < -0.39 is 0 Å². The molecular formula is C15H15N3O2. The molecule has 0 aliphatic carbocycles. The maximum absolute atomic E-state index is 12.1. The van der Waals surface area contributed by atoms with E-state index in [2.05, 4.69) is 10.6 Å². The third-order valence-electron chi connectivity index (χ3n) is 2.68. The van der Waals surface area contributed by atoms with Crippen LogP contribution in [0.5, 0.6) is 0 Å². The Morgan fingerprint density at radius 1 is 0.900 bits per heavy atom. The van der Waals surface area contributed by atoms with E-state index in [0.717, 1.165) is 0 Å². The van der Waals surface area contributed by atoms with E-state index >= 15 is 0 Å². The van der Waals surface area contributed by atoms with Crippen LogP contribution in [-0.2, 0) is 0 Å². The van der Waals surface area contributed by atoms with Crippen LogP contribution in [0.4, 0.5) is 5.69 Å². The molecule has 102 valence electrons. The summed E-state index contributed by atoms with van der Waals surface area (Å²) in [5.74, 6) is -0.569. The molecule has 2 aromatic carbocycles. The predicted molar refractivity (Wildman–Crippen MR) is 77.4 cm³/mol. The Morgan fingerprint density at radius 2 is 1.55 bits per heavy atom. The molecule has 2 amide bonds. The lowest BCUT2D eigenvalue weighted by Gasteiger charge is -2.07. The summed E-state index contributed by atoms with van der Waals surface area (Å²) in [6, 6.07) is 15.6. The minimum Gasteiger partial charge on any atom is -0.340 e. The number of carbonyl (C=O) groups excluding carboxylic acids is 2. The molecule has 0 bridgehead atoms. The summed E-state index contributed by atoms with van der Waals surface area (Å²) in [4.78, 5) is 23.7. The highest BCUT2D eigenvalue weighted by Crippen LogP contribution is 2.10. The van der Waals surface area contributed by atoms with Crippen LogP contribution in [0.3, 0.4) is 0 Å². The molecule has 4 N–H and O–H groups in total. The zero-order chi connectivity index (χ0) is 14.4. The van der Waals surface area contributed by atoms with E-state index in [0.29, 0.717) is 16.8 Å². The molecule has 2 rings (SSSR count). The number of hydrogen-bond acceptors (Lipinski definition) is 3. The fraction of sp³-hybridized carbons (Fsp3) is 0.0667. The van der Waals surface area contributed by atoms with Gasteiger partial charge in [0, 0.05) is 16.8 Å². The van der Waals surface area contributed by atoms with Crippen molar-refractivity contribution in [1.29, 1.82) is 0 Å². The van der Waals surface area contributed by atoms with Gasteiger partial charge in [-0.15, -0.1) is 0 Å². The van der Waals surface area contributed by atoms with Crippen LogP contribution in [-0.4, -0.2) is 18.5 Å². The van der Waals surface area contributed by atoms with E-state index in [-0.39, 0.29) is 18.5 Å². The van der Waals surface area contributed by atoms with Gasteiger partial charge in [-0.1, -0.05) is 24.3 Å². The third-order valence-corrected chi connectivity index (χ3v) is 2.68. The zero-order valence-corrected chi connectivity index (χ0v) is 10.8. The monoisotopic (exact) mass is 269 g/mol. The molecule has 0 aliphatic heterocycles. The van der Waals surface area contributed by atoms with Crippen LogP contribution in [0.2, 0.25) is 0 Å². The molecule has 0 aliphatic rings. The Labute approximate surface area is 116 Å². The number of benzene rings is 2. The second-order valence-corrected chi connectivity index (χ2v) is 4.11. The van der Waals surface area contributed by atoms with Crippen molar-refractivity contribution in [2.24, 2.45) is 5.73 Å². The summed E-state index contributed by atoms with van der Waals surface area (Å²) in [6.07, 6.45) is 0. The van der Waals surface area contributed by atoms with Gasteiger partial charge in [-0.3, -0.25) is 9.59 Å². The molecule has 20 heavy (non-hydrogen) atoms. The maximum Gasteiger partial charge on any atom is 0.255 e. The summed E-state index contributed by atoms with van der Waals surface area (Å²) < 4.78 is 0. The highest BCUT2D eigenvalue weighted by Gasteiger charge is 2.10. The Balaban J connectivity index is 2.14. The molecule has 0 heterocycles. The fourth-order valence-electron chi connectivity index (χ4n) is 1.72. The van der Waals surface area contributed by atoms with Gasteiger partial charge in [0.15, 0.2) is 0 Å². The van der Waals surface area contributed by atoms with Crippen molar-refractivity contribution in [2.45, 2.75) is 0 Å². The third kappa shape index (κ3) is 3.43. The van der Waals surface area contributed by atoms with Crippen LogP contribution in [0, 0.1) is 0 Å². The van der Waals surface area contributed by atoms with Gasteiger partial charge in [0.2, 0.25) is 0 Å². The number of nitrogens with two attached hydrogens (primary N) is 1. The maximum atomic E-state index is 12.1. The lowest BCUT2D eigenvalue weighted by atomic mass is 10.1. The number of nitrogens with one attached hydrogen (secondary N) is 2. The van der Waals surface area contributed by atoms with Crippen LogP contribution in [0.25, 0.3) is 0 Å². The molecule has 2 aromatic rings. The van der Waals surface area contributed by atoms with Crippen LogP contribution < -0.4 is 16.4 Å². The minimum absolute atomic E-state index is 0.0548. The molecule has 5 heteroatoms. The number of para-hydroxylation sites is 1. The molecule has 5 nitrogen and oxygen atoms in total. The SMILES string of the molecule is NCNC(=O)c1cccc(C(=O)Nc2ccccc2)c1. The van der Waals surface area contributed by atoms with Crippen molar-refractivity contribution in [2.75, 3.05) is 12.0 Å². The van der Waals surface area contributed by atoms with Gasteiger partial charge in [-0.05, 0) is 30.3 Å². The molecule has 0 aromatic heterocycles. The van der Waals surface area contributed by atoms with E-state index in [1.54, 1.807) is 30.3 Å². The van der Waals surface area contributed by atoms with Gasteiger partial charge in [0.1, 0.15) is 0 Å². The molecule has 0 fully saturated rings. The van der Waals surface area contributed by atoms with Crippen molar-refractivity contribution in [3.05, 3.63) is 65.7 Å². The molecule has 0 saturated heterocycles. The second-order valence-electron chi connectivity index (χ2n) is 4.11. The number of carbonyl (C=O) groups is 2. The summed E-state index contributed by atoms with van der Waals surface area (Å²) in [6.45, 7) is 0.0548. The average Bonchev–Trinajstić information content (AvgIpc) is 2.48.